The molecule has 0 saturated carbocycles. The summed E-state index contributed by atoms with van der Waals surface area (Å²) in [4.78, 5) is 0. The first-order valence-electron chi connectivity index (χ1n) is 3.63. The van der Waals surface area contributed by atoms with Gasteiger partial charge in [0, 0.05) is 0 Å². The minimum atomic E-state index is 0.873. The second kappa shape index (κ2) is 6.23. The Balaban J connectivity index is 0.000000461. The van der Waals surface area contributed by atoms with Gasteiger partial charge >= 0.3 is 0 Å². The van der Waals surface area contributed by atoms with E-state index >= 15 is 0 Å². The molecule has 0 bridgehead atoms. The highest BCUT2D eigenvalue weighted by molar-refractivity contribution is 9.10. The molecule has 0 aliphatic carbocycles. The van der Waals surface area contributed by atoms with Crippen LogP contribution in [0.25, 0.3) is 0 Å². The first-order chi connectivity index (χ1) is 5.34. The quantitative estimate of drug-likeness (QED) is 0.699. The van der Waals surface area contributed by atoms with Crippen LogP contribution in [0.3, 0.4) is 0 Å². The molecule has 0 saturated heterocycles. The molecular formula is C9H13BrO. The Morgan fingerprint density at radius 2 is 1.73 bits per heavy atom. The SMILES string of the molecule is CC.COc1ccccc1Br. The van der Waals surface area contributed by atoms with Crippen LogP contribution in [0.1, 0.15) is 13.8 Å². The number of rotatable bonds is 1. The van der Waals surface area contributed by atoms with Crippen LogP contribution >= 0.6 is 15.9 Å². The van der Waals surface area contributed by atoms with Crippen molar-refractivity contribution in [3.63, 3.8) is 0 Å². The first kappa shape index (κ1) is 10.5. The molecule has 1 rings (SSSR count). The highest BCUT2D eigenvalue weighted by Gasteiger charge is 1.92. The average Bonchev–Trinajstić information content (AvgIpc) is 2.09. The maximum Gasteiger partial charge on any atom is 0.133 e. The smallest absolute Gasteiger partial charge is 0.133 e. The van der Waals surface area contributed by atoms with Crippen molar-refractivity contribution in [2.75, 3.05) is 7.11 Å². The average molecular weight is 217 g/mol. The molecule has 62 valence electrons. The Morgan fingerprint density at radius 1 is 1.18 bits per heavy atom. The summed E-state index contributed by atoms with van der Waals surface area (Å²) in [6.45, 7) is 4.00. The van der Waals surface area contributed by atoms with E-state index in [4.69, 9.17) is 4.74 Å². The zero-order chi connectivity index (χ0) is 8.69. The van der Waals surface area contributed by atoms with E-state index in [1.165, 1.54) is 0 Å². The fourth-order valence-electron chi connectivity index (χ4n) is 0.610. The third kappa shape index (κ3) is 3.42. The second-order valence-corrected chi connectivity index (χ2v) is 2.49. The molecule has 11 heavy (non-hydrogen) atoms. The van der Waals surface area contributed by atoms with Crippen LogP contribution < -0.4 is 4.74 Å². The van der Waals surface area contributed by atoms with Crippen molar-refractivity contribution in [1.29, 1.82) is 0 Å². The molecule has 1 aromatic carbocycles. The van der Waals surface area contributed by atoms with Gasteiger partial charge in [-0.05, 0) is 28.1 Å². The van der Waals surface area contributed by atoms with Crippen molar-refractivity contribution < 1.29 is 4.74 Å². The number of ether oxygens (including phenoxy) is 1. The number of benzene rings is 1. The van der Waals surface area contributed by atoms with Crippen LogP contribution in [-0.2, 0) is 0 Å². The molecular weight excluding hydrogens is 204 g/mol. The molecule has 0 aromatic heterocycles. The van der Waals surface area contributed by atoms with Gasteiger partial charge in [0.1, 0.15) is 5.75 Å². The van der Waals surface area contributed by atoms with Crippen LogP contribution in [0.4, 0.5) is 0 Å². The van der Waals surface area contributed by atoms with Crippen LogP contribution in [0, 0.1) is 0 Å². The van der Waals surface area contributed by atoms with Gasteiger partial charge in [-0.15, -0.1) is 0 Å². The van der Waals surface area contributed by atoms with Gasteiger partial charge in [-0.2, -0.15) is 0 Å². The lowest BCUT2D eigenvalue weighted by atomic mass is 10.3. The lowest BCUT2D eigenvalue weighted by molar-refractivity contribution is 0.412. The summed E-state index contributed by atoms with van der Waals surface area (Å²) in [6.07, 6.45) is 0. The minimum absolute atomic E-state index is 0.873. The van der Waals surface area contributed by atoms with Gasteiger partial charge in [0.05, 0.1) is 11.6 Å². The highest BCUT2D eigenvalue weighted by Crippen LogP contribution is 2.22. The van der Waals surface area contributed by atoms with Crippen molar-refractivity contribution in [3.05, 3.63) is 28.7 Å². The fraction of sp³-hybridized carbons (Fsp3) is 0.333. The summed E-state index contributed by atoms with van der Waals surface area (Å²) in [6, 6.07) is 7.74. The van der Waals surface area contributed by atoms with Gasteiger partial charge < -0.3 is 4.74 Å². The van der Waals surface area contributed by atoms with Gasteiger partial charge in [-0.25, -0.2) is 0 Å². The number of methoxy groups -OCH3 is 1. The van der Waals surface area contributed by atoms with Gasteiger partial charge in [0.15, 0.2) is 0 Å². The van der Waals surface area contributed by atoms with Crippen LogP contribution in [0.5, 0.6) is 5.75 Å². The molecule has 0 fully saturated rings. The van der Waals surface area contributed by atoms with Crippen molar-refractivity contribution in [2.45, 2.75) is 13.8 Å². The van der Waals surface area contributed by atoms with E-state index in [1.807, 2.05) is 38.1 Å². The second-order valence-electron chi connectivity index (χ2n) is 1.63. The number of hydrogen-bond donors (Lipinski definition) is 0. The molecule has 1 nitrogen and oxygen atoms in total. The lowest BCUT2D eigenvalue weighted by Crippen LogP contribution is -1.81. The number of para-hydroxylation sites is 1. The van der Waals surface area contributed by atoms with Gasteiger partial charge in [-0.3, -0.25) is 0 Å². The molecule has 0 aliphatic heterocycles. The van der Waals surface area contributed by atoms with E-state index in [-0.39, 0.29) is 0 Å². The third-order valence-electron chi connectivity index (χ3n) is 1.06. The van der Waals surface area contributed by atoms with Crippen LogP contribution in [0.15, 0.2) is 28.7 Å². The molecule has 0 N–H and O–H groups in total. The van der Waals surface area contributed by atoms with Crippen molar-refractivity contribution in [3.8, 4) is 5.75 Å². The van der Waals surface area contributed by atoms with E-state index < -0.39 is 0 Å². The molecule has 0 spiro atoms. The largest absolute Gasteiger partial charge is 0.496 e. The highest BCUT2D eigenvalue weighted by atomic mass is 79.9. The summed E-state index contributed by atoms with van der Waals surface area (Å²) in [5.41, 5.74) is 0. The fourth-order valence-corrected chi connectivity index (χ4v) is 1.06. The Morgan fingerprint density at radius 3 is 2.09 bits per heavy atom. The van der Waals surface area contributed by atoms with E-state index in [0.29, 0.717) is 0 Å². The van der Waals surface area contributed by atoms with Crippen molar-refractivity contribution in [2.24, 2.45) is 0 Å². The molecule has 0 unspecified atom stereocenters. The molecule has 0 aliphatic rings. The lowest BCUT2D eigenvalue weighted by Gasteiger charge is -1.99. The Kier molecular flexibility index (Phi) is 5.94. The Labute approximate surface area is 76.5 Å². The normalized spacial score (nSPS) is 8.00. The maximum absolute atomic E-state index is 5.00. The maximum atomic E-state index is 5.00. The molecule has 2 heteroatoms. The molecule has 0 amide bonds. The number of hydrogen-bond acceptors (Lipinski definition) is 1. The standard InChI is InChI=1S/C7H7BrO.C2H6/c1-9-7-5-3-2-4-6(7)8;1-2/h2-5H,1H3;1-2H3. The molecule has 1 aromatic rings. The predicted octanol–water partition coefficient (Wildman–Crippen LogP) is 3.48. The first-order valence-corrected chi connectivity index (χ1v) is 4.42. The molecule has 0 radical (unpaired) electrons. The predicted molar refractivity (Wildman–Crippen MR) is 52.0 cm³/mol. The summed E-state index contributed by atoms with van der Waals surface area (Å²) < 4.78 is 5.99. The van der Waals surface area contributed by atoms with Crippen LogP contribution in [-0.4, -0.2) is 7.11 Å². The van der Waals surface area contributed by atoms with Gasteiger partial charge in [0.25, 0.3) is 0 Å². The van der Waals surface area contributed by atoms with Crippen molar-refractivity contribution >= 4 is 15.9 Å². The summed E-state index contributed by atoms with van der Waals surface area (Å²) >= 11 is 3.33. The summed E-state index contributed by atoms with van der Waals surface area (Å²) in [7, 11) is 1.65. The van der Waals surface area contributed by atoms with Gasteiger partial charge in [-0.1, -0.05) is 26.0 Å². The Bertz CT molecular complexity index is 199. The van der Waals surface area contributed by atoms with Crippen LogP contribution in [0.2, 0.25) is 0 Å². The molecule has 0 atom stereocenters. The Hall–Kier alpha value is -0.500. The zero-order valence-corrected chi connectivity index (χ0v) is 8.68. The van der Waals surface area contributed by atoms with E-state index in [1.54, 1.807) is 7.11 Å². The third-order valence-corrected chi connectivity index (χ3v) is 1.71. The minimum Gasteiger partial charge on any atom is -0.496 e. The van der Waals surface area contributed by atoms with E-state index in [9.17, 15) is 0 Å². The zero-order valence-electron chi connectivity index (χ0n) is 7.10. The van der Waals surface area contributed by atoms with Crippen molar-refractivity contribution in [1.82, 2.24) is 0 Å². The summed E-state index contributed by atoms with van der Waals surface area (Å²) in [5.74, 6) is 0.873. The summed E-state index contributed by atoms with van der Waals surface area (Å²) in [5, 5.41) is 0. The van der Waals surface area contributed by atoms with Gasteiger partial charge in [0.2, 0.25) is 0 Å². The van der Waals surface area contributed by atoms with E-state index in [0.717, 1.165) is 10.2 Å². The number of halogens is 1. The van der Waals surface area contributed by atoms with E-state index in [2.05, 4.69) is 15.9 Å². The monoisotopic (exact) mass is 216 g/mol. The topological polar surface area (TPSA) is 9.23 Å². The molecule has 0 heterocycles.